The zero-order valence-corrected chi connectivity index (χ0v) is 11.7. The highest BCUT2D eigenvalue weighted by molar-refractivity contribution is 9.10. The molecular weight excluding hydrogens is 345 g/mol. The fraction of sp³-hybridized carbons (Fsp3) is 0.182. The lowest BCUT2D eigenvalue weighted by atomic mass is 10.2. The number of nitrogens with one attached hydrogen (secondary N) is 1. The number of anilines is 1. The van der Waals surface area contributed by atoms with E-state index in [2.05, 4.69) is 15.9 Å². The van der Waals surface area contributed by atoms with Crippen LogP contribution in [0.25, 0.3) is 10.1 Å². The number of nitrogens with two attached hydrogens (primary N) is 1. The molecule has 0 aliphatic heterocycles. The molecule has 0 saturated heterocycles. The van der Waals surface area contributed by atoms with E-state index in [-0.39, 0.29) is 10.6 Å². The number of halogens is 4. The van der Waals surface area contributed by atoms with Gasteiger partial charge in [0, 0.05) is 14.6 Å². The molecule has 0 aliphatic carbocycles. The van der Waals surface area contributed by atoms with Crippen LogP contribution >= 0.6 is 27.3 Å². The van der Waals surface area contributed by atoms with E-state index < -0.39 is 18.6 Å². The number of hydrogen-bond acceptors (Lipinski definition) is 3. The fourth-order valence-electron chi connectivity index (χ4n) is 1.52. The van der Waals surface area contributed by atoms with E-state index in [0.717, 1.165) is 20.5 Å². The summed E-state index contributed by atoms with van der Waals surface area (Å²) in [6.07, 6.45) is -4.44. The van der Waals surface area contributed by atoms with Gasteiger partial charge in [0.15, 0.2) is 0 Å². The maximum absolute atomic E-state index is 12.0. The predicted molar refractivity (Wildman–Crippen MR) is 72.3 cm³/mol. The van der Waals surface area contributed by atoms with Gasteiger partial charge in [-0.2, -0.15) is 13.2 Å². The molecule has 0 atom stereocenters. The van der Waals surface area contributed by atoms with Crippen LogP contribution in [0.3, 0.4) is 0 Å². The highest BCUT2D eigenvalue weighted by Gasteiger charge is 2.28. The molecular formula is C11H8BrF3N2OS. The lowest BCUT2D eigenvalue weighted by Gasteiger charge is -2.07. The van der Waals surface area contributed by atoms with Crippen molar-refractivity contribution in [2.45, 2.75) is 6.18 Å². The van der Waals surface area contributed by atoms with Gasteiger partial charge in [0.1, 0.15) is 11.4 Å². The summed E-state index contributed by atoms with van der Waals surface area (Å²) in [6.45, 7) is -1.37. The normalized spacial score (nSPS) is 11.8. The second kappa shape index (κ2) is 5.01. The lowest BCUT2D eigenvalue weighted by molar-refractivity contribution is -0.123. The first-order valence-corrected chi connectivity index (χ1v) is 6.71. The van der Waals surface area contributed by atoms with Crippen molar-refractivity contribution in [1.29, 1.82) is 0 Å². The molecule has 8 heteroatoms. The zero-order chi connectivity index (χ0) is 14.2. The summed E-state index contributed by atoms with van der Waals surface area (Å²) in [5, 5.41) is 2.46. The molecule has 102 valence electrons. The number of fused-ring (bicyclic) bond motifs is 1. The van der Waals surface area contributed by atoms with Crippen molar-refractivity contribution >= 4 is 48.9 Å². The van der Waals surface area contributed by atoms with Crippen LogP contribution in [0.5, 0.6) is 0 Å². The number of benzene rings is 1. The maximum Gasteiger partial charge on any atom is 0.405 e. The summed E-state index contributed by atoms with van der Waals surface area (Å²) in [7, 11) is 0. The molecule has 0 spiro atoms. The predicted octanol–water partition coefficient (Wildman–Crippen LogP) is 3.54. The molecule has 1 amide bonds. The minimum Gasteiger partial charge on any atom is -0.397 e. The summed E-state index contributed by atoms with van der Waals surface area (Å²) in [6, 6.07) is 5.25. The van der Waals surface area contributed by atoms with Crippen LogP contribution in [0.4, 0.5) is 18.9 Å². The molecule has 0 fully saturated rings. The van der Waals surface area contributed by atoms with Gasteiger partial charge in [-0.3, -0.25) is 4.79 Å². The number of thiophene rings is 1. The number of hydrogen-bond donors (Lipinski definition) is 2. The minimum atomic E-state index is -4.44. The Morgan fingerprint density at radius 2 is 2.11 bits per heavy atom. The first-order chi connectivity index (χ1) is 8.78. The average molecular weight is 353 g/mol. The molecule has 19 heavy (non-hydrogen) atoms. The quantitative estimate of drug-likeness (QED) is 0.868. The smallest absolute Gasteiger partial charge is 0.397 e. The summed E-state index contributed by atoms with van der Waals surface area (Å²) in [5.74, 6) is -0.813. The molecule has 1 aromatic carbocycles. The van der Waals surface area contributed by atoms with Gasteiger partial charge in [0.25, 0.3) is 5.91 Å². The molecule has 0 radical (unpaired) electrons. The van der Waals surface area contributed by atoms with Gasteiger partial charge >= 0.3 is 6.18 Å². The number of rotatable bonds is 2. The largest absolute Gasteiger partial charge is 0.405 e. The summed E-state index contributed by atoms with van der Waals surface area (Å²) >= 11 is 4.34. The van der Waals surface area contributed by atoms with Crippen molar-refractivity contribution < 1.29 is 18.0 Å². The first kappa shape index (κ1) is 14.1. The Morgan fingerprint density at radius 3 is 2.74 bits per heavy atom. The second-order valence-electron chi connectivity index (χ2n) is 3.78. The number of carbonyl (C=O) groups excluding carboxylic acids is 1. The van der Waals surface area contributed by atoms with Crippen LogP contribution < -0.4 is 11.1 Å². The summed E-state index contributed by atoms with van der Waals surface area (Å²) in [5.41, 5.74) is 5.99. The number of amides is 1. The Balaban J connectivity index is 2.30. The molecule has 0 unspecified atom stereocenters. The van der Waals surface area contributed by atoms with E-state index in [9.17, 15) is 18.0 Å². The Bertz CT molecular complexity index is 639. The van der Waals surface area contributed by atoms with Crippen molar-refractivity contribution in [2.24, 2.45) is 0 Å². The third-order valence-electron chi connectivity index (χ3n) is 2.34. The minimum absolute atomic E-state index is 0.0948. The monoisotopic (exact) mass is 352 g/mol. The van der Waals surface area contributed by atoms with E-state index in [1.165, 1.54) is 0 Å². The average Bonchev–Trinajstić information content (AvgIpc) is 2.63. The fourth-order valence-corrected chi connectivity index (χ4v) is 2.90. The molecule has 0 bridgehead atoms. The zero-order valence-electron chi connectivity index (χ0n) is 9.34. The van der Waals surface area contributed by atoms with Crippen LogP contribution in [0.1, 0.15) is 9.67 Å². The Labute approximate surface area is 118 Å². The third kappa shape index (κ3) is 3.19. The molecule has 0 saturated carbocycles. The van der Waals surface area contributed by atoms with Crippen LogP contribution in [-0.2, 0) is 0 Å². The SMILES string of the molecule is Nc1c(C(=O)NCC(F)(F)F)sc2ccc(Br)cc12. The lowest BCUT2D eigenvalue weighted by Crippen LogP contribution is -2.33. The summed E-state index contributed by atoms with van der Waals surface area (Å²) < 4.78 is 37.7. The second-order valence-corrected chi connectivity index (χ2v) is 5.75. The van der Waals surface area contributed by atoms with Gasteiger partial charge in [-0.25, -0.2) is 0 Å². The van der Waals surface area contributed by atoms with Gasteiger partial charge in [-0.1, -0.05) is 15.9 Å². The van der Waals surface area contributed by atoms with E-state index in [4.69, 9.17) is 5.73 Å². The third-order valence-corrected chi connectivity index (χ3v) is 4.02. The Morgan fingerprint density at radius 1 is 1.42 bits per heavy atom. The van der Waals surface area contributed by atoms with Gasteiger partial charge in [0.2, 0.25) is 0 Å². The topological polar surface area (TPSA) is 55.1 Å². The van der Waals surface area contributed by atoms with E-state index in [0.29, 0.717) is 5.39 Å². The van der Waals surface area contributed by atoms with E-state index in [1.807, 2.05) is 5.32 Å². The maximum atomic E-state index is 12.0. The molecule has 3 nitrogen and oxygen atoms in total. The number of nitrogen functional groups attached to an aromatic ring is 1. The standard InChI is InChI=1S/C11H8BrF3N2OS/c12-5-1-2-7-6(3-5)8(16)9(19-7)10(18)17-4-11(13,14)15/h1-3H,4,16H2,(H,17,18). The van der Waals surface area contributed by atoms with E-state index in [1.54, 1.807) is 18.2 Å². The van der Waals surface area contributed by atoms with Crippen molar-refractivity contribution in [2.75, 3.05) is 12.3 Å². The first-order valence-electron chi connectivity index (χ1n) is 5.10. The highest BCUT2D eigenvalue weighted by atomic mass is 79.9. The molecule has 1 aromatic heterocycles. The van der Waals surface area contributed by atoms with Crippen LogP contribution in [0.2, 0.25) is 0 Å². The van der Waals surface area contributed by atoms with Gasteiger partial charge in [-0.05, 0) is 18.2 Å². The van der Waals surface area contributed by atoms with Crippen molar-refractivity contribution in [3.63, 3.8) is 0 Å². The molecule has 1 heterocycles. The Kier molecular flexibility index (Phi) is 3.73. The molecule has 2 rings (SSSR count). The van der Waals surface area contributed by atoms with Gasteiger partial charge in [0.05, 0.1) is 5.69 Å². The Hall–Kier alpha value is -1.28. The van der Waals surface area contributed by atoms with Crippen LogP contribution in [0.15, 0.2) is 22.7 Å². The summed E-state index contributed by atoms with van der Waals surface area (Å²) in [4.78, 5) is 11.8. The van der Waals surface area contributed by atoms with Crippen molar-refractivity contribution in [3.8, 4) is 0 Å². The molecule has 2 aromatic rings. The highest BCUT2D eigenvalue weighted by Crippen LogP contribution is 2.35. The van der Waals surface area contributed by atoms with E-state index >= 15 is 0 Å². The molecule has 3 N–H and O–H groups in total. The van der Waals surface area contributed by atoms with Crippen LogP contribution in [0, 0.1) is 0 Å². The van der Waals surface area contributed by atoms with Crippen molar-refractivity contribution in [3.05, 3.63) is 27.5 Å². The number of carbonyl (C=O) groups is 1. The van der Waals surface area contributed by atoms with Crippen LogP contribution in [-0.4, -0.2) is 18.6 Å². The number of alkyl halides is 3. The molecule has 0 aliphatic rings. The van der Waals surface area contributed by atoms with Gasteiger partial charge < -0.3 is 11.1 Å². The van der Waals surface area contributed by atoms with Gasteiger partial charge in [-0.15, -0.1) is 11.3 Å². The van der Waals surface area contributed by atoms with Crippen molar-refractivity contribution in [1.82, 2.24) is 5.32 Å².